The molecular weight excluding hydrogens is 736 g/mol. The van der Waals surface area contributed by atoms with Gasteiger partial charge in [-0.1, -0.05) is 72.8 Å². The number of carbonyl (C=O) groups excluding carboxylic acids is 6. The van der Waals surface area contributed by atoms with Crippen molar-refractivity contribution in [3.8, 4) is 0 Å². The Labute approximate surface area is 318 Å². The number of anilines is 1. The number of hydrogen-bond acceptors (Lipinski definition) is 7. The predicted octanol–water partition coefficient (Wildman–Crippen LogP) is 6.19. The van der Waals surface area contributed by atoms with Gasteiger partial charge in [0, 0.05) is 54.7 Å². The zero-order valence-electron chi connectivity index (χ0n) is 30.0. The molecule has 15 heteroatoms. The summed E-state index contributed by atoms with van der Waals surface area (Å²) in [5.74, 6) is -3.63. The Hall–Kier alpha value is -6.38. The zero-order valence-corrected chi connectivity index (χ0v) is 30.0. The average Bonchev–Trinajstić information content (AvgIpc) is 3.66. The fourth-order valence-electron chi connectivity index (χ4n) is 6.63. The van der Waals surface area contributed by atoms with Crippen LogP contribution in [0.15, 0.2) is 97.1 Å². The molecule has 11 nitrogen and oxygen atoms in total. The first-order valence-electron chi connectivity index (χ1n) is 17.7. The first kappa shape index (κ1) is 39.3. The van der Waals surface area contributed by atoms with Crippen LogP contribution >= 0.6 is 0 Å². The number of nitrogens with zero attached hydrogens (tertiary/aromatic N) is 2. The van der Waals surface area contributed by atoms with Crippen molar-refractivity contribution >= 4 is 41.2 Å². The van der Waals surface area contributed by atoms with Gasteiger partial charge in [0.05, 0.1) is 0 Å². The molecule has 2 aliphatic rings. The third-order valence-electron chi connectivity index (χ3n) is 9.79. The maximum atomic E-state index is 13.8. The number of halogens is 4. The number of carbonyl (C=O) groups is 6. The Morgan fingerprint density at radius 3 is 2.18 bits per heavy atom. The molecule has 4 aromatic rings. The Bertz CT molecular complexity index is 2160. The van der Waals surface area contributed by atoms with Crippen LogP contribution in [0.2, 0.25) is 0 Å². The summed E-state index contributed by atoms with van der Waals surface area (Å²) in [7, 11) is 0. The highest BCUT2D eigenvalue weighted by molar-refractivity contribution is 6.09. The monoisotopic (exact) mass is 772 g/mol. The van der Waals surface area contributed by atoms with Crippen LogP contribution in [0, 0.1) is 5.82 Å². The highest BCUT2D eigenvalue weighted by Crippen LogP contribution is 2.46. The molecule has 2 N–H and O–H groups in total. The van der Waals surface area contributed by atoms with E-state index < -0.39 is 60.5 Å². The van der Waals surface area contributed by atoms with Gasteiger partial charge in [-0.05, 0) is 54.3 Å². The van der Waals surface area contributed by atoms with Crippen molar-refractivity contribution in [1.29, 1.82) is 0 Å². The van der Waals surface area contributed by atoms with Crippen molar-refractivity contribution < 1.29 is 51.1 Å². The number of benzene rings is 4. The first-order valence-corrected chi connectivity index (χ1v) is 17.7. The van der Waals surface area contributed by atoms with E-state index >= 15 is 0 Å². The SMILES string of the molecule is C[C@H](N(Cc1ccc(F)cc1)C(=O)CN1C(=O)O[C@@]2(CCc3cc(NC(=O)CCC(=O)NCc4ccc(C(=O)c5ccccc5)cc4)ccc32)C1=O)C(F)(F)F. The number of ketones is 1. The van der Waals surface area contributed by atoms with Gasteiger partial charge in [-0.2, -0.15) is 13.2 Å². The molecule has 4 aromatic carbocycles. The highest BCUT2D eigenvalue weighted by atomic mass is 19.4. The van der Waals surface area contributed by atoms with Crippen LogP contribution in [0.25, 0.3) is 0 Å². The topological polar surface area (TPSA) is 142 Å². The van der Waals surface area contributed by atoms with Gasteiger partial charge in [0.2, 0.25) is 23.3 Å². The van der Waals surface area contributed by atoms with E-state index in [1.54, 1.807) is 54.6 Å². The Morgan fingerprint density at radius 2 is 1.50 bits per heavy atom. The van der Waals surface area contributed by atoms with E-state index in [4.69, 9.17) is 4.74 Å². The molecule has 1 aliphatic heterocycles. The van der Waals surface area contributed by atoms with Crippen LogP contribution in [0.4, 0.5) is 28.0 Å². The molecule has 0 unspecified atom stereocenters. The summed E-state index contributed by atoms with van der Waals surface area (Å²) in [5.41, 5.74) is 1.49. The van der Waals surface area contributed by atoms with E-state index in [0.29, 0.717) is 37.7 Å². The number of alkyl halides is 3. The van der Waals surface area contributed by atoms with Crippen LogP contribution in [0.5, 0.6) is 0 Å². The van der Waals surface area contributed by atoms with Crippen LogP contribution in [-0.2, 0) is 49.0 Å². The molecular formula is C41H36F4N4O7. The quantitative estimate of drug-likeness (QED) is 0.122. The van der Waals surface area contributed by atoms with Crippen molar-refractivity contribution in [1.82, 2.24) is 15.1 Å². The summed E-state index contributed by atoms with van der Waals surface area (Å²) < 4.78 is 60.2. The maximum Gasteiger partial charge on any atom is 0.418 e. The van der Waals surface area contributed by atoms with E-state index in [1.807, 2.05) is 6.07 Å². The summed E-state index contributed by atoms with van der Waals surface area (Å²) in [6.45, 7) is -0.605. The minimum atomic E-state index is -4.84. The lowest BCUT2D eigenvalue weighted by Gasteiger charge is -2.31. The molecule has 1 saturated heterocycles. The molecule has 0 aromatic heterocycles. The lowest BCUT2D eigenvalue weighted by molar-refractivity contribution is -0.187. The van der Waals surface area contributed by atoms with E-state index in [-0.39, 0.29) is 49.5 Å². The minimum absolute atomic E-state index is 0.000519. The Balaban J connectivity index is 1.02. The van der Waals surface area contributed by atoms with Crippen molar-refractivity contribution in [3.63, 3.8) is 0 Å². The average molecular weight is 773 g/mol. The number of amides is 5. The normalized spacial score (nSPS) is 16.6. The minimum Gasteiger partial charge on any atom is -0.427 e. The van der Waals surface area contributed by atoms with Crippen molar-refractivity contribution in [2.24, 2.45) is 0 Å². The second kappa shape index (κ2) is 16.2. The van der Waals surface area contributed by atoms with Crippen LogP contribution in [0.1, 0.15) is 64.4 Å². The van der Waals surface area contributed by atoms with Crippen molar-refractivity contribution in [2.45, 2.75) is 63.5 Å². The molecule has 1 fully saturated rings. The van der Waals surface area contributed by atoms with E-state index in [9.17, 15) is 46.3 Å². The standard InChI is InChI=1S/C41H36F4N4O7/c1-25(41(43,44)45)48(23-27-9-13-31(42)14-10-27)36(52)24-49-38(54)40(56-39(49)55)20-19-30-21-32(15-16-33(30)40)47-35(51)18-17-34(50)46-22-26-7-11-29(12-8-26)37(53)28-5-3-2-4-6-28/h2-16,21,25H,17-20,22-24H2,1H3,(H,46,50)(H,47,51)/t25-,40+/m0/s1. The Morgan fingerprint density at radius 1 is 0.857 bits per heavy atom. The molecule has 2 atom stereocenters. The lowest BCUT2D eigenvalue weighted by Crippen LogP contribution is -2.51. The number of hydrogen-bond donors (Lipinski definition) is 2. The number of fused-ring (bicyclic) bond motifs is 2. The molecule has 1 spiro atoms. The van der Waals surface area contributed by atoms with E-state index in [1.165, 1.54) is 24.3 Å². The number of ether oxygens (including phenoxy) is 1. The van der Waals surface area contributed by atoms with E-state index in [0.717, 1.165) is 24.6 Å². The number of nitrogens with one attached hydrogen (secondary N) is 2. The van der Waals surface area contributed by atoms with Gasteiger partial charge in [-0.3, -0.25) is 24.0 Å². The predicted molar refractivity (Wildman–Crippen MR) is 193 cm³/mol. The molecule has 0 saturated carbocycles. The van der Waals surface area contributed by atoms with Gasteiger partial charge in [0.1, 0.15) is 18.4 Å². The van der Waals surface area contributed by atoms with Crippen LogP contribution in [-0.4, -0.2) is 64.1 Å². The third-order valence-corrected chi connectivity index (χ3v) is 9.79. The summed E-state index contributed by atoms with van der Waals surface area (Å²) in [6.07, 6.45) is -6.03. The number of imide groups is 1. The van der Waals surface area contributed by atoms with Gasteiger partial charge in [-0.25, -0.2) is 14.1 Å². The number of aryl methyl sites for hydroxylation is 1. The van der Waals surface area contributed by atoms with Gasteiger partial charge in [0.15, 0.2) is 5.78 Å². The van der Waals surface area contributed by atoms with Crippen LogP contribution < -0.4 is 10.6 Å². The molecule has 6 rings (SSSR count). The van der Waals surface area contributed by atoms with Gasteiger partial charge in [0.25, 0.3) is 5.91 Å². The fraction of sp³-hybridized carbons (Fsp3) is 0.268. The molecule has 0 radical (unpaired) electrons. The largest absolute Gasteiger partial charge is 0.427 e. The van der Waals surface area contributed by atoms with Crippen molar-refractivity contribution in [3.05, 3.63) is 136 Å². The molecule has 0 bridgehead atoms. The van der Waals surface area contributed by atoms with Crippen molar-refractivity contribution in [2.75, 3.05) is 11.9 Å². The highest BCUT2D eigenvalue weighted by Gasteiger charge is 2.58. The lowest BCUT2D eigenvalue weighted by atomic mass is 9.94. The third kappa shape index (κ3) is 8.61. The molecule has 56 heavy (non-hydrogen) atoms. The fourth-order valence-corrected chi connectivity index (χ4v) is 6.63. The second-order valence-electron chi connectivity index (χ2n) is 13.5. The Kier molecular flexibility index (Phi) is 11.3. The molecule has 1 heterocycles. The first-order chi connectivity index (χ1) is 26.6. The molecule has 290 valence electrons. The smallest absolute Gasteiger partial charge is 0.418 e. The maximum absolute atomic E-state index is 13.8. The summed E-state index contributed by atoms with van der Waals surface area (Å²) in [6, 6.07) is 22.5. The van der Waals surface area contributed by atoms with Gasteiger partial charge >= 0.3 is 12.3 Å². The van der Waals surface area contributed by atoms with Gasteiger partial charge in [-0.15, -0.1) is 0 Å². The molecule has 5 amide bonds. The van der Waals surface area contributed by atoms with E-state index in [2.05, 4.69) is 10.6 Å². The second-order valence-corrected chi connectivity index (χ2v) is 13.5. The zero-order chi connectivity index (χ0) is 40.2. The van der Waals surface area contributed by atoms with Crippen LogP contribution in [0.3, 0.4) is 0 Å². The molecule has 1 aliphatic carbocycles. The summed E-state index contributed by atoms with van der Waals surface area (Å²) in [4.78, 5) is 78.7. The van der Waals surface area contributed by atoms with Gasteiger partial charge < -0.3 is 20.3 Å². The summed E-state index contributed by atoms with van der Waals surface area (Å²) >= 11 is 0. The summed E-state index contributed by atoms with van der Waals surface area (Å²) in [5, 5.41) is 5.45. The number of rotatable bonds is 13.